The van der Waals surface area contributed by atoms with Crippen LogP contribution in [-0.4, -0.2) is 17.9 Å². The molecule has 4 heteroatoms. The Morgan fingerprint density at radius 1 is 1.00 bits per heavy atom. The van der Waals surface area contributed by atoms with Gasteiger partial charge in [0.2, 0.25) is 5.91 Å². The summed E-state index contributed by atoms with van der Waals surface area (Å²) >= 11 is 1.65. The van der Waals surface area contributed by atoms with Gasteiger partial charge in [-0.2, -0.15) is 0 Å². The van der Waals surface area contributed by atoms with Crippen LogP contribution >= 0.6 is 11.8 Å². The standard InChI is InChI=1S/C23H25NO2S/c1-14(25)15-7-9-16(10-8-15)21-17-11-12-18(13-17)22(21)23(26)24-19-5-3-4-6-20(19)27-2/h3-10,17-18,21-22H,11-13H2,1-2H3,(H,24,26). The molecule has 2 aromatic rings. The number of benzene rings is 2. The van der Waals surface area contributed by atoms with Crippen molar-refractivity contribution in [2.24, 2.45) is 17.8 Å². The predicted octanol–water partition coefficient (Wildman–Crippen LogP) is 5.38. The number of Topliss-reactive ketones (excluding diaryl/α,β-unsaturated/α-hetero) is 1. The number of anilines is 1. The number of amides is 1. The number of carbonyl (C=O) groups is 2. The van der Waals surface area contributed by atoms with E-state index in [9.17, 15) is 9.59 Å². The SMILES string of the molecule is CSc1ccccc1NC(=O)C1C2CCC(C2)C1c1ccc(C(C)=O)cc1. The fourth-order valence-corrected chi connectivity index (χ4v) is 5.61. The quantitative estimate of drug-likeness (QED) is 0.560. The van der Waals surface area contributed by atoms with E-state index in [0.717, 1.165) is 29.0 Å². The minimum Gasteiger partial charge on any atom is -0.325 e. The molecular formula is C23H25NO2S. The fourth-order valence-electron chi connectivity index (χ4n) is 5.05. The first kappa shape index (κ1) is 18.3. The van der Waals surface area contributed by atoms with E-state index in [1.54, 1.807) is 18.7 Å². The normalized spacial score (nSPS) is 26.1. The van der Waals surface area contributed by atoms with Gasteiger partial charge in [0, 0.05) is 16.4 Å². The average Bonchev–Trinajstić information content (AvgIpc) is 3.30. The van der Waals surface area contributed by atoms with Crippen LogP contribution in [0.5, 0.6) is 0 Å². The van der Waals surface area contributed by atoms with Crippen LogP contribution in [0.25, 0.3) is 0 Å². The van der Waals surface area contributed by atoms with Crippen molar-refractivity contribution in [2.45, 2.75) is 37.0 Å². The highest BCUT2D eigenvalue weighted by molar-refractivity contribution is 7.98. The molecule has 1 amide bonds. The molecule has 0 aliphatic heterocycles. The van der Waals surface area contributed by atoms with E-state index in [4.69, 9.17) is 0 Å². The van der Waals surface area contributed by atoms with Crippen LogP contribution in [-0.2, 0) is 4.79 Å². The van der Waals surface area contributed by atoms with Crippen LogP contribution in [0.3, 0.4) is 0 Å². The predicted molar refractivity (Wildman–Crippen MR) is 110 cm³/mol. The second-order valence-corrected chi connectivity index (χ2v) is 8.60. The van der Waals surface area contributed by atoms with E-state index < -0.39 is 0 Å². The zero-order chi connectivity index (χ0) is 19.0. The van der Waals surface area contributed by atoms with Crippen LogP contribution in [0, 0.1) is 17.8 Å². The van der Waals surface area contributed by atoms with E-state index in [0.29, 0.717) is 11.8 Å². The van der Waals surface area contributed by atoms with Gasteiger partial charge in [0.05, 0.1) is 5.69 Å². The minimum absolute atomic E-state index is 0.0156. The highest BCUT2D eigenvalue weighted by Crippen LogP contribution is 2.57. The summed E-state index contributed by atoms with van der Waals surface area (Å²) in [5.41, 5.74) is 2.84. The maximum Gasteiger partial charge on any atom is 0.228 e. The van der Waals surface area contributed by atoms with Crippen molar-refractivity contribution in [3.05, 3.63) is 59.7 Å². The van der Waals surface area contributed by atoms with Crippen LogP contribution < -0.4 is 5.32 Å². The zero-order valence-corrected chi connectivity index (χ0v) is 16.6. The maximum absolute atomic E-state index is 13.3. The molecule has 4 unspecified atom stereocenters. The average molecular weight is 380 g/mol. The summed E-state index contributed by atoms with van der Waals surface area (Å²) in [7, 11) is 0. The van der Waals surface area contributed by atoms with E-state index in [-0.39, 0.29) is 23.5 Å². The van der Waals surface area contributed by atoms with Gasteiger partial charge in [0.25, 0.3) is 0 Å². The summed E-state index contributed by atoms with van der Waals surface area (Å²) in [6.07, 6.45) is 5.52. The Kier molecular flexibility index (Phi) is 5.09. The lowest BCUT2D eigenvalue weighted by Gasteiger charge is -2.31. The summed E-state index contributed by atoms with van der Waals surface area (Å²) < 4.78 is 0. The van der Waals surface area contributed by atoms with Crippen LogP contribution in [0.1, 0.15) is 48.0 Å². The second kappa shape index (κ2) is 7.51. The highest BCUT2D eigenvalue weighted by atomic mass is 32.2. The minimum atomic E-state index is 0.0156. The van der Waals surface area contributed by atoms with Gasteiger partial charge in [-0.1, -0.05) is 36.4 Å². The zero-order valence-electron chi connectivity index (χ0n) is 15.8. The first-order valence-electron chi connectivity index (χ1n) is 9.63. The summed E-state index contributed by atoms with van der Waals surface area (Å²) in [5, 5.41) is 3.20. The number of fused-ring (bicyclic) bond motifs is 2. The molecule has 2 aliphatic carbocycles. The molecule has 0 saturated heterocycles. The lowest BCUT2D eigenvalue weighted by molar-refractivity contribution is -0.121. The van der Waals surface area contributed by atoms with Crippen molar-refractivity contribution in [1.82, 2.24) is 0 Å². The molecule has 2 aliphatic rings. The molecule has 3 nitrogen and oxygen atoms in total. The Morgan fingerprint density at radius 3 is 2.41 bits per heavy atom. The van der Waals surface area contributed by atoms with Crippen LogP contribution in [0.4, 0.5) is 5.69 Å². The number of hydrogen-bond donors (Lipinski definition) is 1. The molecule has 140 valence electrons. The number of rotatable bonds is 5. The summed E-state index contributed by atoms with van der Waals surface area (Å²) in [4.78, 5) is 25.9. The van der Waals surface area contributed by atoms with Crippen molar-refractivity contribution in [3.63, 3.8) is 0 Å². The van der Waals surface area contributed by atoms with Gasteiger partial charge in [-0.25, -0.2) is 0 Å². The van der Waals surface area contributed by atoms with Crippen molar-refractivity contribution < 1.29 is 9.59 Å². The Hall–Kier alpha value is -2.07. The van der Waals surface area contributed by atoms with Gasteiger partial charge in [0.1, 0.15) is 0 Å². The second-order valence-electron chi connectivity index (χ2n) is 7.75. The monoisotopic (exact) mass is 379 g/mol. The lowest BCUT2D eigenvalue weighted by atomic mass is 9.75. The smallest absolute Gasteiger partial charge is 0.228 e. The van der Waals surface area contributed by atoms with Gasteiger partial charge >= 0.3 is 0 Å². The van der Waals surface area contributed by atoms with Crippen molar-refractivity contribution in [3.8, 4) is 0 Å². The third-order valence-corrected chi connectivity index (χ3v) is 7.08. The topological polar surface area (TPSA) is 46.2 Å². The Bertz CT molecular complexity index is 861. The maximum atomic E-state index is 13.3. The molecule has 2 aromatic carbocycles. The van der Waals surface area contributed by atoms with Gasteiger partial charge in [-0.05, 0) is 67.9 Å². The third-order valence-electron chi connectivity index (χ3n) is 6.29. The van der Waals surface area contributed by atoms with Crippen LogP contribution in [0.15, 0.2) is 53.4 Å². The van der Waals surface area contributed by atoms with E-state index in [2.05, 4.69) is 17.4 Å². The molecule has 0 spiro atoms. The number of nitrogens with one attached hydrogen (secondary N) is 1. The van der Waals surface area contributed by atoms with E-state index in [1.165, 1.54) is 12.0 Å². The molecule has 0 heterocycles. The van der Waals surface area contributed by atoms with Gasteiger partial charge in [-0.3, -0.25) is 9.59 Å². The number of thioether (sulfide) groups is 1. The summed E-state index contributed by atoms with van der Waals surface area (Å²) in [6.45, 7) is 1.59. The molecule has 2 fully saturated rings. The summed E-state index contributed by atoms with van der Waals surface area (Å²) in [5.74, 6) is 1.54. The molecule has 0 aromatic heterocycles. The Morgan fingerprint density at radius 2 is 1.70 bits per heavy atom. The number of para-hydroxylation sites is 1. The molecular weight excluding hydrogens is 354 g/mol. The number of ketones is 1. The van der Waals surface area contributed by atoms with Crippen LogP contribution in [0.2, 0.25) is 0 Å². The molecule has 4 rings (SSSR count). The summed E-state index contributed by atoms with van der Waals surface area (Å²) in [6, 6.07) is 15.9. The van der Waals surface area contributed by atoms with Gasteiger partial charge in [-0.15, -0.1) is 11.8 Å². The molecule has 27 heavy (non-hydrogen) atoms. The molecule has 0 radical (unpaired) electrons. The molecule has 1 N–H and O–H groups in total. The first-order valence-corrected chi connectivity index (χ1v) is 10.9. The molecule has 2 bridgehead atoms. The Balaban J connectivity index is 1.60. The molecule has 4 atom stereocenters. The fraction of sp³-hybridized carbons (Fsp3) is 0.391. The van der Waals surface area contributed by atoms with Crippen molar-refractivity contribution in [2.75, 3.05) is 11.6 Å². The lowest BCUT2D eigenvalue weighted by Crippen LogP contribution is -2.32. The van der Waals surface area contributed by atoms with E-state index >= 15 is 0 Å². The molecule has 2 saturated carbocycles. The highest BCUT2D eigenvalue weighted by Gasteiger charge is 2.51. The first-order chi connectivity index (χ1) is 13.1. The van der Waals surface area contributed by atoms with E-state index in [1.807, 2.05) is 42.7 Å². The largest absolute Gasteiger partial charge is 0.325 e. The Labute approximate surface area is 164 Å². The number of carbonyl (C=O) groups excluding carboxylic acids is 2. The third kappa shape index (κ3) is 3.43. The van der Waals surface area contributed by atoms with Gasteiger partial charge < -0.3 is 5.32 Å². The van der Waals surface area contributed by atoms with Gasteiger partial charge in [0.15, 0.2) is 5.78 Å². The van der Waals surface area contributed by atoms with Crippen molar-refractivity contribution in [1.29, 1.82) is 0 Å². The number of hydrogen-bond acceptors (Lipinski definition) is 3. The van der Waals surface area contributed by atoms with Crippen molar-refractivity contribution >= 4 is 29.1 Å².